The Kier molecular flexibility index (Phi) is 5.47. The molecule has 2 rings (SSSR count). The van der Waals surface area contributed by atoms with Gasteiger partial charge in [-0.05, 0) is 49.6 Å². The van der Waals surface area contributed by atoms with E-state index in [9.17, 15) is 15.0 Å². The first-order valence-corrected chi connectivity index (χ1v) is 8.00. The van der Waals surface area contributed by atoms with Crippen LogP contribution in [0.3, 0.4) is 0 Å². The van der Waals surface area contributed by atoms with Crippen LogP contribution in [0.2, 0.25) is 0 Å². The van der Waals surface area contributed by atoms with Gasteiger partial charge in [0.25, 0.3) is 0 Å². The minimum atomic E-state index is -1.14. The second-order valence-corrected chi connectivity index (χ2v) is 6.91. The summed E-state index contributed by atoms with van der Waals surface area (Å²) in [4.78, 5) is 11.7. The fourth-order valence-corrected chi connectivity index (χ4v) is 2.55. The van der Waals surface area contributed by atoms with E-state index >= 15 is 0 Å². The van der Waals surface area contributed by atoms with Gasteiger partial charge in [0.05, 0.1) is 0 Å². The smallest absolute Gasteiger partial charge is 0.407 e. The molecular formula is C19H25NO4. The molecule has 0 aromatic heterocycles. The monoisotopic (exact) mass is 331 g/mol. The zero-order valence-corrected chi connectivity index (χ0v) is 14.5. The zero-order valence-electron chi connectivity index (χ0n) is 14.5. The highest BCUT2D eigenvalue weighted by atomic mass is 16.6. The molecular weight excluding hydrogens is 306 g/mol. The minimum absolute atomic E-state index is 0.0989. The molecule has 0 aliphatic carbocycles. The van der Waals surface area contributed by atoms with E-state index in [-0.39, 0.29) is 6.54 Å². The number of hydrogen-bond donors (Lipinski definition) is 3. The van der Waals surface area contributed by atoms with E-state index in [4.69, 9.17) is 4.74 Å². The number of aryl methyl sites for hydroxylation is 1. The summed E-state index contributed by atoms with van der Waals surface area (Å²) >= 11 is 0. The van der Waals surface area contributed by atoms with E-state index < -0.39 is 23.9 Å². The molecule has 0 aliphatic rings. The Balaban J connectivity index is 2.10. The SMILES string of the molecule is Cc1ccc(C(O)C(O)CNC(=O)OC(C)(C)C)c2ccccc12. The van der Waals surface area contributed by atoms with Crippen LogP contribution in [-0.4, -0.2) is 34.6 Å². The number of benzene rings is 2. The van der Waals surface area contributed by atoms with Gasteiger partial charge in [0, 0.05) is 6.54 Å². The van der Waals surface area contributed by atoms with Gasteiger partial charge in [-0.3, -0.25) is 0 Å². The average molecular weight is 331 g/mol. The van der Waals surface area contributed by atoms with Crippen molar-refractivity contribution in [3.63, 3.8) is 0 Å². The molecule has 3 N–H and O–H groups in total. The van der Waals surface area contributed by atoms with Gasteiger partial charge in [-0.25, -0.2) is 4.79 Å². The molecule has 130 valence electrons. The molecule has 24 heavy (non-hydrogen) atoms. The molecule has 0 fully saturated rings. The Bertz CT molecular complexity index is 721. The van der Waals surface area contributed by atoms with Crippen LogP contribution in [0.1, 0.15) is 38.0 Å². The number of carbonyl (C=O) groups excluding carboxylic acids is 1. The topological polar surface area (TPSA) is 78.8 Å². The summed E-state index contributed by atoms with van der Waals surface area (Å²) in [5.41, 5.74) is 1.12. The van der Waals surface area contributed by atoms with Crippen LogP contribution in [0.5, 0.6) is 0 Å². The van der Waals surface area contributed by atoms with Crippen LogP contribution in [0.4, 0.5) is 4.79 Å². The largest absolute Gasteiger partial charge is 0.444 e. The number of nitrogens with one attached hydrogen (secondary N) is 1. The molecule has 0 saturated heterocycles. The van der Waals surface area contributed by atoms with Crippen LogP contribution in [0.25, 0.3) is 10.8 Å². The number of ether oxygens (including phenoxy) is 1. The highest BCUT2D eigenvalue weighted by molar-refractivity contribution is 5.88. The number of hydrogen-bond acceptors (Lipinski definition) is 4. The molecule has 2 aromatic carbocycles. The van der Waals surface area contributed by atoms with E-state index in [1.54, 1.807) is 26.8 Å². The number of fused-ring (bicyclic) bond motifs is 1. The predicted octanol–water partition coefficient (Wildman–Crippen LogP) is 3.07. The third-order valence-electron chi connectivity index (χ3n) is 3.71. The van der Waals surface area contributed by atoms with Crippen molar-refractivity contribution in [3.05, 3.63) is 47.5 Å². The van der Waals surface area contributed by atoms with E-state index in [2.05, 4.69) is 5.32 Å². The molecule has 2 unspecified atom stereocenters. The number of amides is 1. The van der Waals surface area contributed by atoms with Crippen molar-refractivity contribution in [1.82, 2.24) is 5.32 Å². The summed E-state index contributed by atoms with van der Waals surface area (Å²) in [6.45, 7) is 7.18. The first-order chi connectivity index (χ1) is 11.2. The second kappa shape index (κ2) is 7.20. The first kappa shape index (κ1) is 18.2. The number of carbonyl (C=O) groups is 1. The number of aliphatic hydroxyl groups excluding tert-OH is 2. The molecule has 0 heterocycles. The van der Waals surface area contributed by atoms with Gasteiger partial charge in [0.15, 0.2) is 0 Å². The highest BCUT2D eigenvalue weighted by Gasteiger charge is 2.23. The second-order valence-electron chi connectivity index (χ2n) is 6.91. The van der Waals surface area contributed by atoms with Gasteiger partial charge in [0.1, 0.15) is 17.8 Å². The third kappa shape index (κ3) is 4.46. The van der Waals surface area contributed by atoms with Gasteiger partial charge in [-0.1, -0.05) is 36.4 Å². The summed E-state index contributed by atoms with van der Waals surface area (Å²) in [5.74, 6) is 0. The number of rotatable bonds is 4. The molecule has 0 spiro atoms. The molecule has 0 radical (unpaired) electrons. The van der Waals surface area contributed by atoms with E-state index in [1.165, 1.54) is 0 Å². The Labute approximate surface area is 142 Å². The van der Waals surface area contributed by atoms with Gasteiger partial charge in [-0.2, -0.15) is 0 Å². The van der Waals surface area contributed by atoms with E-state index in [0.29, 0.717) is 5.56 Å². The third-order valence-corrected chi connectivity index (χ3v) is 3.71. The first-order valence-electron chi connectivity index (χ1n) is 8.00. The molecule has 2 aromatic rings. The van der Waals surface area contributed by atoms with Crippen molar-refractivity contribution in [1.29, 1.82) is 0 Å². The van der Waals surface area contributed by atoms with Gasteiger partial charge < -0.3 is 20.3 Å². The average Bonchev–Trinajstić information content (AvgIpc) is 2.51. The zero-order chi connectivity index (χ0) is 17.9. The molecule has 0 aliphatic heterocycles. The Hall–Kier alpha value is -2.11. The summed E-state index contributed by atoms with van der Waals surface area (Å²) in [6, 6.07) is 11.4. The van der Waals surface area contributed by atoms with Crippen LogP contribution in [0, 0.1) is 6.92 Å². The normalized spacial score (nSPS) is 14.2. The van der Waals surface area contributed by atoms with Gasteiger partial charge in [0.2, 0.25) is 0 Å². The van der Waals surface area contributed by atoms with Crippen LogP contribution in [0.15, 0.2) is 36.4 Å². The van der Waals surface area contributed by atoms with Crippen molar-refractivity contribution in [2.45, 2.75) is 45.5 Å². The molecule has 1 amide bonds. The number of aliphatic hydroxyl groups is 2. The fourth-order valence-electron chi connectivity index (χ4n) is 2.55. The van der Waals surface area contributed by atoms with Gasteiger partial charge >= 0.3 is 6.09 Å². The lowest BCUT2D eigenvalue weighted by atomic mass is 9.95. The maximum Gasteiger partial charge on any atom is 0.407 e. The van der Waals surface area contributed by atoms with Crippen molar-refractivity contribution in [3.8, 4) is 0 Å². The predicted molar refractivity (Wildman–Crippen MR) is 93.9 cm³/mol. The lowest BCUT2D eigenvalue weighted by molar-refractivity contribution is 0.0136. The maximum absolute atomic E-state index is 11.7. The lowest BCUT2D eigenvalue weighted by Gasteiger charge is -2.23. The quantitative estimate of drug-likeness (QED) is 0.804. The highest BCUT2D eigenvalue weighted by Crippen LogP contribution is 2.28. The van der Waals surface area contributed by atoms with E-state index in [0.717, 1.165) is 16.3 Å². The fraction of sp³-hybridized carbons (Fsp3) is 0.421. The Morgan fingerprint density at radius 2 is 1.75 bits per heavy atom. The summed E-state index contributed by atoms with van der Waals surface area (Å²) in [7, 11) is 0. The minimum Gasteiger partial charge on any atom is -0.444 e. The van der Waals surface area contributed by atoms with Crippen LogP contribution >= 0.6 is 0 Å². The number of alkyl carbamates (subject to hydrolysis) is 1. The summed E-state index contributed by atoms with van der Waals surface area (Å²) in [5, 5.41) is 25.1. The van der Waals surface area contributed by atoms with Gasteiger partial charge in [-0.15, -0.1) is 0 Å². The van der Waals surface area contributed by atoms with Crippen molar-refractivity contribution in [2.75, 3.05) is 6.54 Å². The van der Waals surface area contributed by atoms with Crippen molar-refractivity contribution >= 4 is 16.9 Å². The molecule has 0 bridgehead atoms. The molecule has 0 saturated carbocycles. The maximum atomic E-state index is 11.7. The van der Waals surface area contributed by atoms with Crippen molar-refractivity contribution < 1.29 is 19.7 Å². The standard InChI is InChI=1S/C19H25NO4/c1-12-9-10-15(14-8-6-5-7-13(12)14)17(22)16(21)11-20-18(23)24-19(2,3)4/h5-10,16-17,21-22H,11H2,1-4H3,(H,20,23). The molecule has 2 atom stereocenters. The van der Waals surface area contributed by atoms with Crippen LogP contribution < -0.4 is 5.32 Å². The van der Waals surface area contributed by atoms with Crippen LogP contribution in [-0.2, 0) is 4.74 Å². The molecule has 5 nitrogen and oxygen atoms in total. The van der Waals surface area contributed by atoms with E-state index in [1.807, 2.05) is 37.3 Å². The summed E-state index contributed by atoms with van der Waals surface area (Å²) < 4.78 is 5.12. The Morgan fingerprint density at radius 1 is 1.12 bits per heavy atom. The molecule has 5 heteroatoms. The Morgan fingerprint density at radius 3 is 2.38 bits per heavy atom. The lowest BCUT2D eigenvalue weighted by Crippen LogP contribution is -2.38. The summed E-state index contributed by atoms with van der Waals surface area (Å²) in [6.07, 6.45) is -2.86. The van der Waals surface area contributed by atoms with Crippen molar-refractivity contribution in [2.24, 2.45) is 0 Å².